The SMILES string of the molecule is CN(CCNC1CC1)c1ccnc2ccccc12. The summed E-state index contributed by atoms with van der Waals surface area (Å²) in [6, 6.07) is 11.2. The maximum absolute atomic E-state index is 4.40. The molecule has 0 saturated heterocycles. The number of para-hydroxylation sites is 1. The molecular weight excluding hydrogens is 222 g/mol. The molecule has 18 heavy (non-hydrogen) atoms. The third-order valence-corrected chi connectivity index (χ3v) is 3.49. The molecule has 1 N–H and O–H groups in total. The zero-order valence-corrected chi connectivity index (χ0v) is 10.8. The van der Waals surface area contributed by atoms with E-state index in [4.69, 9.17) is 0 Å². The minimum Gasteiger partial charge on any atom is -0.373 e. The third-order valence-electron chi connectivity index (χ3n) is 3.49. The minimum atomic E-state index is 0.785. The van der Waals surface area contributed by atoms with Crippen molar-refractivity contribution in [2.24, 2.45) is 0 Å². The van der Waals surface area contributed by atoms with Crippen LogP contribution in [0.2, 0.25) is 0 Å². The Morgan fingerprint density at radius 3 is 2.94 bits per heavy atom. The van der Waals surface area contributed by atoms with E-state index in [1.807, 2.05) is 12.3 Å². The van der Waals surface area contributed by atoms with Crippen LogP contribution in [0.15, 0.2) is 36.5 Å². The number of benzene rings is 1. The minimum absolute atomic E-state index is 0.785. The zero-order valence-electron chi connectivity index (χ0n) is 10.8. The highest BCUT2D eigenvalue weighted by Gasteiger charge is 2.19. The largest absolute Gasteiger partial charge is 0.373 e. The van der Waals surface area contributed by atoms with Gasteiger partial charge >= 0.3 is 0 Å². The molecule has 0 amide bonds. The lowest BCUT2D eigenvalue weighted by Crippen LogP contribution is -2.30. The van der Waals surface area contributed by atoms with Crippen LogP contribution in [0.1, 0.15) is 12.8 Å². The van der Waals surface area contributed by atoms with E-state index in [2.05, 4.69) is 46.5 Å². The molecule has 3 heteroatoms. The van der Waals surface area contributed by atoms with Gasteiger partial charge in [0, 0.05) is 43.4 Å². The van der Waals surface area contributed by atoms with Crippen LogP contribution in [0.5, 0.6) is 0 Å². The molecule has 1 heterocycles. The van der Waals surface area contributed by atoms with Crippen molar-refractivity contribution >= 4 is 16.6 Å². The molecule has 94 valence electrons. The van der Waals surface area contributed by atoms with Crippen LogP contribution < -0.4 is 10.2 Å². The van der Waals surface area contributed by atoms with Crippen molar-refractivity contribution in [3.8, 4) is 0 Å². The van der Waals surface area contributed by atoms with Crippen molar-refractivity contribution < 1.29 is 0 Å². The summed E-state index contributed by atoms with van der Waals surface area (Å²) in [5.74, 6) is 0. The Hall–Kier alpha value is -1.61. The van der Waals surface area contributed by atoms with E-state index in [1.54, 1.807) is 0 Å². The maximum Gasteiger partial charge on any atom is 0.0722 e. The number of nitrogens with one attached hydrogen (secondary N) is 1. The predicted octanol–water partition coefficient (Wildman–Crippen LogP) is 2.42. The summed E-state index contributed by atoms with van der Waals surface area (Å²) in [4.78, 5) is 6.71. The molecule has 0 spiro atoms. The van der Waals surface area contributed by atoms with Gasteiger partial charge < -0.3 is 10.2 Å². The normalized spacial score (nSPS) is 14.9. The summed E-state index contributed by atoms with van der Waals surface area (Å²) < 4.78 is 0. The van der Waals surface area contributed by atoms with E-state index >= 15 is 0 Å². The van der Waals surface area contributed by atoms with Crippen LogP contribution in [0.25, 0.3) is 10.9 Å². The van der Waals surface area contributed by atoms with E-state index < -0.39 is 0 Å². The summed E-state index contributed by atoms with van der Waals surface area (Å²) in [6.45, 7) is 2.09. The van der Waals surface area contributed by atoms with Gasteiger partial charge in [-0.2, -0.15) is 0 Å². The number of likely N-dealkylation sites (N-methyl/N-ethyl adjacent to an activating group) is 1. The lowest BCUT2D eigenvalue weighted by Gasteiger charge is -2.21. The third kappa shape index (κ3) is 2.46. The number of nitrogens with zero attached hydrogens (tertiary/aromatic N) is 2. The molecule has 0 bridgehead atoms. The van der Waals surface area contributed by atoms with Gasteiger partial charge in [0.25, 0.3) is 0 Å². The Balaban J connectivity index is 1.75. The highest BCUT2D eigenvalue weighted by Crippen LogP contribution is 2.24. The van der Waals surface area contributed by atoms with Gasteiger partial charge in [0.05, 0.1) is 5.52 Å². The molecule has 2 aromatic rings. The fraction of sp³-hybridized carbons (Fsp3) is 0.400. The first kappa shape index (κ1) is 11.5. The summed E-state index contributed by atoms with van der Waals surface area (Å²) in [5.41, 5.74) is 2.33. The highest BCUT2D eigenvalue weighted by atomic mass is 15.1. The van der Waals surface area contributed by atoms with Crippen LogP contribution >= 0.6 is 0 Å². The second-order valence-corrected chi connectivity index (χ2v) is 5.00. The second kappa shape index (κ2) is 4.94. The van der Waals surface area contributed by atoms with E-state index in [-0.39, 0.29) is 0 Å². The first-order chi connectivity index (χ1) is 8.84. The number of pyridine rings is 1. The molecule has 1 aromatic carbocycles. The molecule has 1 aliphatic rings. The van der Waals surface area contributed by atoms with Crippen LogP contribution in [-0.4, -0.2) is 31.2 Å². The number of hydrogen-bond acceptors (Lipinski definition) is 3. The molecule has 1 aliphatic carbocycles. The molecule has 0 radical (unpaired) electrons. The van der Waals surface area contributed by atoms with Gasteiger partial charge in [0.1, 0.15) is 0 Å². The Labute approximate surface area is 108 Å². The molecule has 1 fully saturated rings. The fourth-order valence-electron chi connectivity index (χ4n) is 2.26. The Bertz CT molecular complexity index is 529. The lowest BCUT2D eigenvalue weighted by molar-refractivity contribution is 0.676. The molecule has 3 rings (SSSR count). The predicted molar refractivity (Wildman–Crippen MR) is 76.0 cm³/mol. The number of anilines is 1. The van der Waals surface area contributed by atoms with Crippen molar-refractivity contribution in [1.29, 1.82) is 0 Å². The zero-order chi connectivity index (χ0) is 12.4. The number of fused-ring (bicyclic) bond motifs is 1. The van der Waals surface area contributed by atoms with Gasteiger partial charge in [-0.25, -0.2) is 0 Å². The Morgan fingerprint density at radius 1 is 1.28 bits per heavy atom. The van der Waals surface area contributed by atoms with Gasteiger partial charge in [0.2, 0.25) is 0 Å². The van der Waals surface area contributed by atoms with Crippen molar-refractivity contribution in [2.45, 2.75) is 18.9 Å². The van der Waals surface area contributed by atoms with Crippen LogP contribution in [-0.2, 0) is 0 Å². The Kier molecular flexibility index (Phi) is 3.15. The molecule has 1 aromatic heterocycles. The average Bonchev–Trinajstić information content (AvgIpc) is 3.22. The molecule has 1 saturated carbocycles. The van der Waals surface area contributed by atoms with Gasteiger partial charge in [-0.05, 0) is 25.0 Å². The molecule has 0 atom stereocenters. The summed E-state index contributed by atoms with van der Waals surface area (Å²) in [6.07, 6.45) is 4.59. The van der Waals surface area contributed by atoms with E-state index in [9.17, 15) is 0 Å². The van der Waals surface area contributed by atoms with E-state index in [1.165, 1.54) is 23.9 Å². The number of hydrogen-bond donors (Lipinski definition) is 1. The van der Waals surface area contributed by atoms with Gasteiger partial charge in [-0.3, -0.25) is 4.98 Å². The quantitative estimate of drug-likeness (QED) is 0.871. The van der Waals surface area contributed by atoms with Crippen molar-refractivity contribution in [2.75, 3.05) is 25.0 Å². The highest BCUT2D eigenvalue weighted by molar-refractivity contribution is 5.91. The second-order valence-electron chi connectivity index (χ2n) is 5.00. The van der Waals surface area contributed by atoms with Crippen LogP contribution in [0.3, 0.4) is 0 Å². The molecule has 0 aliphatic heterocycles. The summed E-state index contributed by atoms with van der Waals surface area (Å²) >= 11 is 0. The number of aromatic nitrogens is 1. The average molecular weight is 241 g/mol. The summed E-state index contributed by atoms with van der Waals surface area (Å²) in [7, 11) is 2.15. The van der Waals surface area contributed by atoms with Gasteiger partial charge in [-0.1, -0.05) is 18.2 Å². The smallest absolute Gasteiger partial charge is 0.0722 e. The molecule has 3 nitrogen and oxygen atoms in total. The van der Waals surface area contributed by atoms with E-state index in [0.29, 0.717) is 0 Å². The maximum atomic E-state index is 4.40. The molecular formula is C15H19N3. The van der Waals surface area contributed by atoms with E-state index in [0.717, 1.165) is 24.6 Å². The Morgan fingerprint density at radius 2 is 2.11 bits per heavy atom. The van der Waals surface area contributed by atoms with Crippen molar-refractivity contribution in [3.05, 3.63) is 36.5 Å². The van der Waals surface area contributed by atoms with Crippen molar-refractivity contribution in [1.82, 2.24) is 10.3 Å². The standard InChI is InChI=1S/C15H19N3/c1-18(11-10-16-12-6-7-12)15-8-9-17-14-5-3-2-4-13(14)15/h2-5,8-9,12,16H,6-7,10-11H2,1H3. The first-order valence-corrected chi connectivity index (χ1v) is 6.63. The monoisotopic (exact) mass is 241 g/mol. The first-order valence-electron chi connectivity index (χ1n) is 6.63. The number of rotatable bonds is 5. The van der Waals surface area contributed by atoms with Crippen LogP contribution in [0, 0.1) is 0 Å². The summed E-state index contributed by atoms with van der Waals surface area (Å²) in [5, 5.41) is 4.78. The van der Waals surface area contributed by atoms with Crippen molar-refractivity contribution in [3.63, 3.8) is 0 Å². The van der Waals surface area contributed by atoms with Gasteiger partial charge in [-0.15, -0.1) is 0 Å². The molecule has 0 unspecified atom stereocenters. The fourth-order valence-corrected chi connectivity index (χ4v) is 2.26. The van der Waals surface area contributed by atoms with Crippen LogP contribution in [0.4, 0.5) is 5.69 Å². The van der Waals surface area contributed by atoms with Gasteiger partial charge in [0.15, 0.2) is 0 Å². The topological polar surface area (TPSA) is 28.2 Å². The lowest BCUT2D eigenvalue weighted by atomic mass is 10.2.